The van der Waals surface area contributed by atoms with E-state index in [4.69, 9.17) is 0 Å². The first-order valence-corrected chi connectivity index (χ1v) is 4.48. The molecule has 0 aromatic carbocycles. The molecule has 1 heteroatoms. The van der Waals surface area contributed by atoms with E-state index in [-0.39, 0.29) is 0 Å². The van der Waals surface area contributed by atoms with Gasteiger partial charge in [0.25, 0.3) is 0 Å². The lowest BCUT2D eigenvalue weighted by Crippen LogP contribution is -2.20. The van der Waals surface area contributed by atoms with Crippen molar-refractivity contribution in [2.24, 2.45) is 5.92 Å². The summed E-state index contributed by atoms with van der Waals surface area (Å²) in [6.07, 6.45) is 4.03. The van der Waals surface area contributed by atoms with E-state index in [1.165, 1.54) is 32.4 Å². The maximum absolute atomic E-state index is 3.42. The van der Waals surface area contributed by atoms with E-state index in [1.54, 1.807) is 0 Å². The minimum Gasteiger partial charge on any atom is -0.316 e. The summed E-state index contributed by atoms with van der Waals surface area (Å²) in [4.78, 5) is 0. The standard InChI is InChI=1S/C9H21N/c1-4-5-6-7-10-8-9(2)3/h9-10H,4-8H2,1-3H3. The Hall–Kier alpha value is -0.0400. The monoisotopic (exact) mass is 143 g/mol. The second-order valence-corrected chi connectivity index (χ2v) is 3.31. The Bertz CT molecular complexity index is 59.7. The average Bonchev–Trinajstić information content (AvgIpc) is 1.87. The summed E-state index contributed by atoms with van der Waals surface area (Å²) >= 11 is 0. The highest BCUT2D eigenvalue weighted by Crippen LogP contribution is 1.92. The van der Waals surface area contributed by atoms with Crippen LogP contribution in [0.3, 0.4) is 0 Å². The van der Waals surface area contributed by atoms with Crippen LogP contribution in [0.2, 0.25) is 0 Å². The molecular weight excluding hydrogens is 122 g/mol. The predicted molar refractivity (Wildman–Crippen MR) is 47.2 cm³/mol. The number of hydrogen-bond donors (Lipinski definition) is 1. The smallest absolute Gasteiger partial charge is 0.00258 e. The van der Waals surface area contributed by atoms with Crippen LogP contribution in [-0.2, 0) is 0 Å². The fourth-order valence-electron chi connectivity index (χ4n) is 0.891. The van der Waals surface area contributed by atoms with Crippen molar-refractivity contribution in [3.8, 4) is 0 Å². The van der Waals surface area contributed by atoms with Crippen LogP contribution in [0.15, 0.2) is 0 Å². The highest BCUT2D eigenvalue weighted by molar-refractivity contribution is 4.50. The molecule has 0 aromatic rings. The molecule has 1 N–H and O–H groups in total. The van der Waals surface area contributed by atoms with Gasteiger partial charge in [-0.2, -0.15) is 0 Å². The summed E-state index contributed by atoms with van der Waals surface area (Å²) in [6, 6.07) is 0. The Kier molecular flexibility index (Phi) is 7.04. The molecule has 62 valence electrons. The maximum atomic E-state index is 3.42. The van der Waals surface area contributed by atoms with Crippen molar-refractivity contribution < 1.29 is 0 Å². The molecule has 0 spiro atoms. The summed E-state index contributed by atoms with van der Waals surface area (Å²) in [5.74, 6) is 0.793. The minimum absolute atomic E-state index is 0.793. The Morgan fingerprint density at radius 3 is 2.40 bits per heavy atom. The van der Waals surface area contributed by atoms with Crippen molar-refractivity contribution in [1.29, 1.82) is 0 Å². The molecule has 0 amide bonds. The van der Waals surface area contributed by atoms with Crippen molar-refractivity contribution in [3.63, 3.8) is 0 Å². The van der Waals surface area contributed by atoms with Crippen LogP contribution in [0.25, 0.3) is 0 Å². The maximum Gasteiger partial charge on any atom is -0.00258 e. The molecule has 0 radical (unpaired) electrons. The van der Waals surface area contributed by atoms with Gasteiger partial charge in [-0.25, -0.2) is 0 Å². The van der Waals surface area contributed by atoms with Gasteiger partial charge < -0.3 is 5.32 Å². The normalized spacial score (nSPS) is 10.8. The molecule has 0 unspecified atom stereocenters. The van der Waals surface area contributed by atoms with Crippen LogP contribution in [-0.4, -0.2) is 13.1 Å². The molecule has 0 aromatic heterocycles. The first-order chi connectivity index (χ1) is 4.77. The van der Waals surface area contributed by atoms with Gasteiger partial charge in [-0.3, -0.25) is 0 Å². The molecule has 1 nitrogen and oxygen atoms in total. The number of hydrogen-bond acceptors (Lipinski definition) is 1. The summed E-state index contributed by atoms with van der Waals surface area (Å²) < 4.78 is 0. The van der Waals surface area contributed by atoms with Gasteiger partial charge in [-0.05, 0) is 25.4 Å². The molecule has 0 saturated heterocycles. The lowest BCUT2D eigenvalue weighted by Gasteiger charge is -2.05. The fourth-order valence-corrected chi connectivity index (χ4v) is 0.891. The van der Waals surface area contributed by atoms with Crippen LogP contribution >= 0.6 is 0 Å². The molecule has 0 bridgehead atoms. The van der Waals surface area contributed by atoms with Gasteiger partial charge in [0.15, 0.2) is 0 Å². The van der Waals surface area contributed by atoms with Crippen molar-refractivity contribution in [3.05, 3.63) is 0 Å². The van der Waals surface area contributed by atoms with Gasteiger partial charge in [-0.15, -0.1) is 0 Å². The lowest BCUT2D eigenvalue weighted by atomic mass is 10.2. The van der Waals surface area contributed by atoms with E-state index in [0.717, 1.165) is 5.92 Å². The third-order valence-corrected chi connectivity index (χ3v) is 1.51. The van der Waals surface area contributed by atoms with E-state index < -0.39 is 0 Å². The quantitative estimate of drug-likeness (QED) is 0.563. The Labute approximate surface area is 65.2 Å². The summed E-state index contributed by atoms with van der Waals surface area (Å²) in [5, 5.41) is 3.42. The summed E-state index contributed by atoms with van der Waals surface area (Å²) in [5.41, 5.74) is 0. The van der Waals surface area contributed by atoms with Crippen molar-refractivity contribution in [2.45, 2.75) is 40.0 Å². The Morgan fingerprint density at radius 2 is 1.90 bits per heavy atom. The SMILES string of the molecule is CCCCCNCC(C)C. The van der Waals surface area contributed by atoms with E-state index in [9.17, 15) is 0 Å². The minimum atomic E-state index is 0.793. The summed E-state index contributed by atoms with van der Waals surface area (Å²) in [6.45, 7) is 9.10. The third-order valence-electron chi connectivity index (χ3n) is 1.51. The van der Waals surface area contributed by atoms with Gasteiger partial charge >= 0.3 is 0 Å². The second kappa shape index (κ2) is 7.07. The van der Waals surface area contributed by atoms with Crippen molar-refractivity contribution in [1.82, 2.24) is 5.32 Å². The molecule has 0 rings (SSSR count). The van der Waals surface area contributed by atoms with Crippen LogP contribution in [0.4, 0.5) is 0 Å². The van der Waals surface area contributed by atoms with E-state index in [0.29, 0.717) is 0 Å². The molecule has 0 heterocycles. The van der Waals surface area contributed by atoms with Gasteiger partial charge in [0.2, 0.25) is 0 Å². The van der Waals surface area contributed by atoms with Crippen LogP contribution in [0, 0.1) is 5.92 Å². The van der Waals surface area contributed by atoms with Crippen molar-refractivity contribution >= 4 is 0 Å². The van der Waals surface area contributed by atoms with Gasteiger partial charge in [0, 0.05) is 0 Å². The fraction of sp³-hybridized carbons (Fsp3) is 1.00. The first-order valence-electron chi connectivity index (χ1n) is 4.48. The number of unbranched alkanes of at least 4 members (excludes halogenated alkanes) is 2. The van der Waals surface area contributed by atoms with Gasteiger partial charge in [0.05, 0.1) is 0 Å². The van der Waals surface area contributed by atoms with Gasteiger partial charge in [-0.1, -0.05) is 33.6 Å². The highest BCUT2D eigenvalue weighted by Gasteiger charge is 1.90. The van der Waals surface area contributed by atoms with Crippen LogP contribution in [0.5, 0.6) is 0 Å². The molecule has 0 atom stereocenters. The van der Waals surface area contributed by atoms with E-state index >= 15 is 0 Å². The van der Waals surface area contributed by atoms with Crippen LogP contribution < -0.4 is 5.32 Å². The predicted octanol–water partition coefficient (Wildman–Crippen LogP) is 2.42. The molecule has 0 aliphatic carbocycles. The molecular formula is C9H21N. The molecule has 10 heavy (non-hydrogen) atoms. The lowest BCUT2D eigenvalue weighted by molar-refractivity contribution is 0.534. The topological polar surface area (TPSA) is 12.0 Å². The average molecular weight is 143 g/mol. The Morgan fingerprint density at radius 1 is 1.20 bits per heavy atom. The zero-order valence-electron chi connectivity index (χ0n) is 7.61. The second-order valence-electron chi connectivity index (χ2n) is 3.31. The molecule has 0 aliphatic rings. The zero-order valence-corrected chi connectivity index (χ0v) is 7.61. The number of rotatable bonds is 6. The largest absolute Gasteiger partial charge is 0.316 e. The van der Waals surface area contributed by atoms with Crippen molar-refractivity contribution in [2.75, 3.05) is 13.1 Å². The number of nitrogens with one attached hydrogen (secondary N) is 1. The third kappa shape index (κ3) is 7.96. The molecule has 0 fully saturated rings. The molecule has 0 saturated carbocycles. The van der Waals surface area contributed by atoms with Crippen LogP contribution in [0.1, 0.15) is 40.0 Å². The highest BCUT2D eigenvalue weighted by atomic mass is 14.8. The first kappa shape index (κ1) is 9.96. The van der Waals surface area contributed by atoms with E-state index in [2.05, 4.69) is 26.1 Å². The van der Waals surface area contributed by atoms with E-state index in [1.807, 2.05) is 0 Å². The summed E-state index contributed by atoms with van der Waals surface area (Å²) in [7, 11) is 0. The van der Waals surface area contributed by atoms with Gasteiger partial charge in [0.1, 0.15) is 0 Å². The Balaban J connectivity index is 2.77. The zero-order chi connectivity index (χ0) is 7.82. The molecule has 0 aliphatic heterocycles.